The third-order valence-corrected chi connectivity index (χ3v) is 5.89. The van der Waals surface area contributed by atoms with Gasteiger partial charge >= 0.3 is 6.18 Å². The smallest absolute Gasteiger partial charge is 0.439 e. The van der Waals surface area contributed by atoms with Crippen molar-refractivity contribution < 1.29 is 23.0 Å². The van der Waals surface area contributed by atoms with Crippen molar-refractivity contribution in [3.05, 3.63) is 65.5 Å². The number of benzene rings is 2. The fourth-order valence-electron chi connectivity index (χ4n) is 3.62. The minimum absolute atomic E-state index is 0.0388. The van der Waals surface area contributed by atoms with Gasteiger partial charge in [0.15, 0.2) is 0 Å². The molecule has 0 radical (unpaired) electrons. The van der Waals surface area contributed by atoms with Crippen molar-refractivity contribution in [2.24, 2.45) is 11.0 Å². The molecule has 2 aliphatic rings. The minimum atomic E-state index is -4.98. The van der Waals surface area contributed by atoms with Gasteiger partial charge in [-0.3, -0.25) is 0 Å². The average Bonchev–Trinajstić information content (AvgIpc) is 3.32. The molecule has 2 aliphatic heterocycles. The number of hydrogen-bond acceptors (Lipinski definition) is 6. The third kappa shape index (κ3) is 2.65. The van der Waals surface area contributed by atoms with Crippen LogP contribution in [0.15, 0.2) is 65.1 Å². The molecule has 1 aromatic heterocycles. The van der Waals surface area contributed by atoms with Crippen LogP contribution in [0.5, 0.6) is 5.75 Å². The first-order valence-electron chi connectivity index (χ1n) is 8.80. The summed E-state index contributed by atoms with van der Waals surface area (Å²) in [6.45, 7) is -0.334. The molecule has 3 heterocycles. The minimum Gasteiger partial charge on any atom is -0.492 e. The fraction of sp³-hybridized carbons (Fsp3) is 0.200. The number of rotatable bonds is 2. The van der Waals surface area contributed by atoms with Gasteiger partial charge in [-0.25, -0.2) is 4.98 Å². The lowest BCUT2D eigenvalue weighted by Crippen LogP contribution is -2.61. The zero-order valence-corrected chi connectivity index (χ0v) is 15.6. The molecule has 0 saturated carbocycles. The number of para-hydroxylation sites is 1. The highest BCUT2D eigenvalue weighted by Crippen LogP contribution is 2.50. The summed E-state index contributed by atoms with van der Waals surface area (Å²) in [6.07, 6.45) is -4.98. The zero-order valence-electron chi connectivity index (χ0n) is 14.8. The van der Waals surface area contributed by atoms with E-state index in [0.29, 0.717) is 22.0 Å². The van der Waals surface area contributed by atoms with Gasteiger partial charge in [-0.2, -0.15) is 23.3 Å². The molecule has 1 N–H and O–H groups in total. The Bertz CT molecular complexity index is 1100. The van der Waals surface area contributed by atoms with Crippen molar-refractivity contribution >= 4 is 22.2 Å². The SMILES string of the molecule is O[C@@]1(C(F)(F)F)[C@@H]2COc3ccccc3C2=NN1c1nc(-c2ccccc2)cs1. The maximum Gasteiger partial charge on any atom is 0.439 e. The Morgan fingerprint density at radius 2 is 1.83 bits per heavy atom. The number of hydrazone groups is 1. The van der Waals surface area contributed by atoms with Crippen LogP contribution >= 0.6 is 11.3 Å². The Balaban J connectivity index is 1.63. The van der Waals surface area contributed by atoms with E-state index in [1.165, 1.54) is 0 Å². The number of nitrogens with zero attached hydrogens (tertiary/aromatic N) is 3. The molecule has 5 rings (SSSR count). The lowest BCUT2D eigenvalue weighted by molar-refractivity contribution is -0.270. The molecule has 0 spiro atoms. The summed E-state index contributed by atoms with van der Waals surface area (Å²) in [5.41, 5.74) is -1.39. The first kappa shape index (κ1) is 18.1. The molecule has 0 unspecified atom stereocenters. The molecule has 5 nitrogen and oxygen atoms in total. The second-order valence-electron chi connectivity index (χ2n) is 6.76. The van der Waals surface area contributed by atoms with Crippen molar-refractivity contribution in [1.29, 1.82) is 0 Å². The van der Waals surface area contributed by atoms with Gasteiger partial charge in [-0.15, -0.1) is 11.3 Å². The van der Waals surface area contributed by atoms with Gasteiger partial charge in [0.05, 0.1) is 17.3 Å². The van der Waals surface area contributed by atoms with Crippen LogP contribution in [0, 0.1) is 5.92 Å². The van der Waals surface area contributed by atoms with Crippen molar-refractivity contribution in [3.63, 3.8) is 0 Å². The Labute approximate surface area is 167 Å². The van der Waals surface area contributed by atoms with Crippen LogP contribution in [0.25, 0.3) is 11.3 Å². The van der Waals surface area contributed by atoms with Crippen molar-refractivity contribution in [2.45, 2.75) is 11.9 Å². The second kappa shape index (κ2) is 6.30. The van der Waals surface area contributed by atoms with Gasteiger partial charge in [-0.1, -0.05) is 42.5 Å². The normalized spacial score (nSPS) is 23.2. The number of fused-ring (bicyclic) bond motifs is 3. The number of aromatic nitrogens is 1. The van der Waals surface area contributed by atoms with Crippen LogP contribution in [-0.4, -0.2) is 34.3 Å². The summed E-state index contributed by atoms with van der Waals surface area (Å²) in [5, 5.41) is 17.3. The van der Waals surface area contributed by atoms with Crippen LogP contribution in [0.4, 0.5) is 18.3 Å². The van der Waals surface area contributed by atoms with E-state index in [-0.39, 0.29) is 17.5 Å². The van der Waals surface area contributed by atoms with Crippen molar-refractivity contribution in [2.75, 3.05) is 11.6 Å². The zero-order chi connectivity index (χ0) is 20.2. The maximum atomic E-state index is 14.1. The monoisotopic (exact) mass is 417 g/mol. The largest absolute Gasteiger partial charge is 0.492 e. The summed E-state index contributed by atoms with van der Waals surface area (Å²) in [4.78, 5) is 4.32. The second-order valence-corrected chi connectivity index (χ2v) is 7.60. The predicted molar refractivity (Wildman–Crippen MR) is 103 cm³/mol. The van der Waals surface area contributed by atoms with E-state index in [1.54, 1.807) is 29.6 Å². The summed E-state index contributed by atoms with van der Waals surface area (Å²) >= 11 is 0.994. The topological polar surface area (TPSA) is 58.0 Å². The highest BCUT2D eigenvalue weighted by molar-refractivity contribution is 7.14. The number of halogens is 3. The molecule has 2 atom stereocenters. The molecule has 0 fully saturated rings. The third-order valence-electron chi connectivity index (χ3n) is 5.08. The number of ether oxygens (including phenoxy) is 1. The van der Waals surface area contributed by atoms with E-state index in [2.05, 4.69) is 10.1 Å². The maximum absolute atomic E-state index is 14.1. The van der Waals surface area contributed by atoms with E-state index < -0.39 is 17.8 Å². The number of thiazole rings is 1. The molecule has 29 heavy (non-hydrogen) atoms. The Hall–Kier alpha value is -2.91. The number of hydrogen-bond donors (Lipinski definition) is 1. The van der Waals surface area contributed by atoms with Gasteiger partial charge < -0.3 is 9.84 Å². The highest BCUT2D eigenvalue weighted by Gasteiger charge is 2.69. The Morgan fingerprint density at radius 3 is 2.59 bits per heavy atom. The average molecular weight is 417 g/mol. The van der Waals surface area contributed by atoms with Crippen LogP contribution < -0.4 is 9.75 Å². The van der Waals surface area contributed by atoms with Gasteiger partial charge in [0.25, 0.3) is 5.72 Å². The van der Waals surface area contributed by atoms with Gasteiger partial charge in [0, 0.05) is 16.5 Å². The first-order chi connectivity index (χ1) is 13.9. The van der Waals surface area contributed by atoms with Crippen LogP contribution in [0.1, 0.15) is 5.56 Å². The molecular formula is C20H14F3N3O2S. The molecule has 148 valence electrons. The van der Waals surface area contributed by atoms with E-state index in [1.807, 2.05) is 30.3 Å². The van der Waals surface area contributed by atoms with Crippen molar-refractivity contribution in [1.82, 2.24) is 4.98 Å². The standard InChI is InChI=1S/C20H14F3N3O2S/c21-20(22,23)19(27)14-10-28-16-9-5-4-8-13(16)17(14)25-26(19)18-24-15(11-29-18)12-6-2-1-3-7-12/h1-9,11,14,27H,10H2/t14-,19-/m1/s1. The Kier molecular flexibility index (Phi) is 3.94. The molecule has 0 aliphatic carbocycles. The Morgan fingerprint density at radius 1 is 1.10 bits per heavy atom. The summed E-state index contributed by atoms with van der Waals surface area (Å²) in [7, 11) is 0. The summed E-state index contributed by atoms with van der Waals surface area (Å²) in [5.74, 6) is -0.945. The molecule has 2 aromatic carbocycles. The predicted octanol–water partition coefficient (Wildman–Crippen LogP) is 4.29. The van der Waals surface area contributed by atoms with E-state index in [0.717, 1.165) is 16.9 Å². The lowest BCUT2D eigenvalue weighted by atomic mass is 9.86. The molecule has 9 heteroatoms. The first-order valence-corrected chi connectivity index (χ1v) is 9.68. The molecular weight excluding hydrogens is 403 g/mol. The molecule has 0 bridgehead atoms. The quantitative estimate of drug-likeness (QED) is 0.676. The van der Waals surface area contributed by atoms with Gasteiger partial charge in [-0.05, 0) is 12.1 Å². The van der Waals surface area contributed by atoms with Crippen molar-refractivity contribution in [3.8, 4) is 17.0 Å². The number of aliphatic hydroxyl groups is 1. The van der Waals surface area contributed by atoms with Gasteiger partial charge in [0.1, 0.15) is 12.4 Å². The van der Waals surface area contributed by atoms with E-state index >= 15 is 0 Å². The molecule has 3 aromatic rings. The summed E-state index contributed by atoms with van der Waals surface area (Å²) < 4.78 is 47.8. The van der Waals surface area contributed by atoms with E-state index in [4.69, 9.17) is 4.74 Å². The summed E-state index contributed by atoms with van der Waals surface area (Å²) in [6, 6.07) is 15.8. The number of anilines is 1. The van der Waals surface area contributed by atoms with Crippen LogP contribution in [0.2, 0.25) is 0 Å². The lowest BCUT2D eigenvalue weighted by Gasteiger charge is -2.38. The number of alkyl halides is 3. The molecule has 0 amide bonds. The molecule has 0 saturated heterocycles. The van der Waals surface area contributed by atoms with Crippen LogP contribution in [0.3, 0.4) is 0 Å². The highest BCUT2D eigenvalue weighted by atomic mass is 32.1. The fourth-order valence-corrected chi connectivity index (χ4v) is 4.45. The van der Waals surface area contributed by atoms with Crippen LogP contribution in [-0.2, 0) is 0 Å². The van der Waals surface area contributed by atoms with Gasteiger partial charge in [0.2, 0.25) is 5.13 Å². The van der Waals surface area contributed by atoms with E-state index in [9.17, 15) is 18.3 Å².